The molecule has 1 aromatic carbocycles. The van der Waals surface area contributed by atoms with Crippen molar-refractivity contribution < 1.29 is 14.3 Å². The number of ketones is 1. The second kappa shape index (κ2) is 5.25. The van der Waals surface area contributed by atoms with Crippen molar-refractivity contribution in [1.82, 2.24) is 4.98 Å². The Labute approximate surface area is 135 Å². The molecule has 0 radical (unpaired) electrons. The predicted octanol–water partition coefficient (Wildman–Crippen LogP) is 3.33. The van der Waals surface area contributed by atoms with E-state index in [1.54, 1.807) is 6.20 Å². The van der Waals surface area contributed by atoms with Crippen LogP contribution >= 0.6 is 0 Å². The van der Waals surface area contributed by atoms with Crippen LogP contribution in [0.3, 0.4) is 0 Å². The Hall–Kier alpha value is -2.04. The van der Waals surface area contributed by atoms with Gasteiger partial charge in [-0.25, -0.2) is 0 Å². The third-order valence-corrected chi connectivity index (χ3v) is 4.57. The fourth-order valence-corrected chi connectivity index (χ4v) is 3.57. The standard InChI is InChI=1S/C19H19NO3/c1-19(2)22-17-15(10-16(21)18(17)23-19)13-6-3-5-12(9-13)14-7-4-8-20-11-14/h3-9,11,15,17-18H,10H2,1-2H3/t15?,17-,18+/m1/s1. The van der Waals surface area contributed by atoms with Crippen LogP contribution in [-0.4, -0.2) is 28.8 Å². The van der Waals surface area contributed by atoms with Crippen molar-refractivity contribution in [2.75, 3.05) is 0 Å². The second-order valence-electron chi connectivity index (χ2n) is 6.66. The number of rotatable bonds is 2. The number of fused-ring (bicyclic) bond motifs is 1. The summed E-state index contributed by atoms with van der Waals surface area (Å²) < 4.78 is 11.8. The first kappa shape index (κ1) is 14.5. The van der Waals surface area contributed by atoms with E-state index in [-0.39, 0.29) is 17.8 Å². The maximum absolute atomic E-state index is 12.3. The normalized spacial score (nSPS) is 28.8. The highest BCUT2D eigenvalue weighted by atomic mass is 16.8. The van der Waals surface area contributed by atoms with E-state index in [4.69, 9.17) is 9.47 Å². The molecule has 1 aliphatic carbocycles. The lowest BCUT2D eigenvalue weighted by atomic mass is 9.92. The summed E-state index contributed by atoms with van der Waals surface area (Å²) in [6.07, 6.45) is 3.46. The van der Waals surface area contributed by atoms with Gasteiger partial charge < -0.3 is 9.47 Å². The average molecular weight is 309 g/mol. The highest BCUT2D eigenvalue weighted by molar-refractivity contribution is 5.88. The lowest BCUT2D eigenvalue weighted by Crippen LogP contribution is -2.25. The van der Waals surface area contributed by atoms with E-state index in [9.17, 15) is 4.79 Å². The molecule has 2 fully saturated rings. The quantitative estimate of drug-likeness (QED) is 0.854. The first-order chi connectivity index (χ1) is 11.0. The number of ether oxygens (including phenoxy) is 2. The maximum Gasteiger partial charge on any atom is 0.165 e. The maximum atomic E-state index is 12.3. The van der Waals surface area contributed by atoms with Crippen molar-refractivity contribution in [2.24, 2.45) is 0 Å². The van der Waals surface area contributed by atoms with Gasteiger partial charge >= 0.3 is 0 Å². The molecule has 1 aromatic heterocycles. The summed E-state index contributed by atoms with van der Waals surface area (Å²) in [6.45, 7) is 3.73. The van der Waals surface area contributed by atoms with Crippen LogP contribution in [0.2, 0.25) is 0 Å². The zero-order chi connectivity index (χ0) is 16.0. The topological polar surface area (TPSA) is 48.4 Å². The molecule has 4 heteroatoms. The second-order valence-corrected chi connectivity index (χ2v) is 6.66. The number of benzene rings is 1. The number of Topliss-reactive ketones (excluding diaryl/α,β-unsaturated/α-hetero) is 1. The lowest BCUT2D eigenvalue weighted by Gasteiger charge is -2.22. The van der Waals surface area contributed by atoms with Crippen molar-refractivity contribution >= 4 is 5.78 Å². The van der Waals surface area contributed by atoms with E-state index in [0.717, 1.165) is 16.7 Å². The van der Waals surface area contributed by atoms with Gasteiger partial charge in [-0.1, -0.05) is 30.3 Å². The van der Waals surface area contributed by atoms with Crippen molar-refractivity contribution in [1.29, 1.82) is 0 Å². The van der Waals surface area contributed by atoms with E-state index >= 15 is 0 Å². The van der Waals surface area contributed by atoms with E-state index < -0.39 is 11.9 Å². The SMILES string of the molecule is CC1(C)O[C@@H]2C(c3cccc(-c4cccnc4)c3)CC(=O)[C@@H]2O1. The minimum Gasteiger partial charge on any atom is -0.343 e. The smallest absolute Gasteiger partial charge is 0.165 e. The molecule has 1 aliphatic heterocycles. The Morgan fingerprint density at radius 2 is 1.96 bits per heavy atom. The largest absolute Gasteiger partial charge is 0.343 e. The number of nitrogens with zero attached hydrogens (tertiary/aromatic N) is 1. The summed E-state index contributed by atoms with van der Waals surface area (Å²) in [5.41, 5.74) is 3.29. The van der Waals surface area contributed by atoms with Crippen LogP contribution in [0, 0.1) is 0 Å². The molecular weight excluding hydrogens is 290 g/mol. The van der Waals surface area contributed by atoms with Gasteiger partial charge in [-0.15, -0.1) is 0 Å². The summed E-state index contributed by atoms with van der Waals surface area (Å²) in [6, 6.07) is 12.2. The van der Waals surface area contributed by atoms with Gasteiger partial charge in [0.15, 0.2) is 11.6 Å². The summed E-state index contributed by atoms with van der Waals surface area (Å²) in [5, 5.41) is 0. The molecule has 1 unspecified atom stereocenters. The molecule has 3 atom stereocenters. The third kappa shape index (κ3) is 2.58. The zero-order valence-electron chi connectivity index (χ0n) is 13.2. The Kier molecular flexibility index (Phi) is 3.32. The summed E-state index contributed by atoms with van der Waals surface area (Å²) in [7, 11) is 0. The Morgan fingerprint density at radius 3 is 2.74 bits per heavy atom. The number of carbonyl (C=O) groups is 1. The number of carbonyl (C=O) groups excluding carboxylic acids is 1. The molecule has 1 saturated carbocycles. The van der Waals surface area contributed by atoms with Crippen molar-refractivity contribution in [2.45, 2.75) is 44.2 Å². The van der Waals surface area contributed by atoms with Gasteiger partial charge in [-0.05, 0) is 36.6 Å². The minimum absolute atomic E-state index is 0.0471. The highest BCUT2D eigenvalue weighted by Crippen LogP contribution is 2.44. The molecule has 2 aromatic rings. The van der Waals surface area contributed by atoms with E-state index in [1.807, 2.05) is 38.2 Å². The molecule has 2 heterocycles. The predicted molar refractivity (Wildman–Crippen MR) is 85.9 cm³/mol. The van der Waals surface area contributed by atoms with Gasteiger partial charge in [0.1, 0.15) is 12.2 Å². The molecule has 4 nitrogen and oxygen atoms in total. The van der Waals surface area contributed by atoms with Crippen molar-refractivity contribution in [3.63, 3.8) is 0 Å². The molecule has 4 rings (SSSR count). The fourth-order valence-electron chi connectivity index (χ4n) is 3.57. The van der Waals surface area contributed by atoms with Crippen LogP contribution in [0.15, 0.2) is 48.8 Å². The lowest BCUT2D eigenvalue weighted by molar-refractivity contribution is -0.160. The van der Waals surface area contributed by atoms with Gasteiger partial charge in [-0.2, -0.15) is 0 Å². The van der Waals surface area contributed by atoms with Crippen LogP contribution in [0.1, 0.15) is 31.7 Å². The van der Waals surface area contributed by atoms with Crippen LogP contribution in [-0.2, 0) is 14.3 Å². The molecule has 0 bridgehead atoms. The number of hydrogen-bond donors (Lipinski definition) is 0. The van der Waals surface area contributed by atoms with Gasteiger partial charge in [0, 0.05) is 24.7 Å². The van der Waals surface area contributed by atoms with Gasteiger partial charge in [0.25, 0.3) is 0 Å². The molecule has 0 spiro atoms. The van der Waals surface area contributed by atoms with Crippen LogP contribution < -0.4 is 0 Å². The zero-order valence-corrected chi connectivity index (χ0v) is 13.2. The van der Waals surface area contributed by atoms with Crippen molar-refractivity contribution in [3.05, 3.63) is 54.4 Å². The van der Waals surface area contributed by atoms with Crippen LogP contribution in [0.4, 0.5) is 0 Å². The van der Waals surface area contributed by atoms with Crippen LogP contribution in [0.5, 0.6) is 0 Å². The molecular formula is C19H19NO3. The van der Waals surface area contributed by atoms with Gasteiger partial charge in [0.2, 0.25) is 0 Å². The third-order valence-electron chi connectivity index (χ3n) is 4.57. The van der Waals surface area contributed by atoms with Crippen molar-refractivity contribution in [3.8, 4) is 11.1 Å². The molecule has 23 heavy (non-hydrogen) atoms. The molecule has 1 saturated heterocycles. The van der Waals surface area contributed by atoms with E-state index in [2.05, 4.69) is 23.2 Å². The summed E-state index contributed by atoms with van der Waals surface area (Å²) >= 11 is 0. The highest BCUT2D eigenvalue weighted by Gasteiger charge is 2.53. The Bertz CT molecular complexity index is 741. The number of aromatic nitrogens is 1. The molecule has 118 valence electrons. The van der Waals surface area contributed by atoms with Gasteiger partial charge in [0.05, 0.1) is 0 Å². The van der Waals surface area contributed by atoms with Gasteiger partial charge in [-0.3, -0.25) is 9.78 Å². The number of hydrogen-bond acceptors (Lipinski definition) is 4. The summed E-state index contributed by atoms with van der Waals surface area (Å²) in [5.74, 6) is -0.506. The molecule has 0 amide bonds. The fraction of sp³-hybridized carbons (Fsp3) is 0.368. The number of pyridine rings is 1. The minimum atomic E-state index is -0.690. The molecule has 2 aliphatic rings. The Morgan fingerprint density at radius 1 is 1.13 bits per heavy atom. The van der Waals surface area contributed by atoms with E-state index in [0.29, 0.717) is 6.42 Å². The van der Waals surface area contributed by atoms with E-state index in [1.165, 1.54) is 0 Å². The van der Waals surface area contributed by atoms with Crippen LogP contribution in [0.25, 0.3) is 11.1 Å². The Balaban J connectivity index is 1.68. The average Bonchev–Trinajstić information content (AvgIpc) is 3.03. The first-order valence-corrected chi connectivity index (χ1v) is 7.92. The summed E-state index contributed by atoms with van der Waals surface area (Å²) in [4.78, 5) is 16.4. The monoisotopic (exact) mass is 309 g/mol. The molecule has 0 N–H and O–H groups in total. The first-order valence-electron chi connectivity index (χ1n) is 7.92.